The van der Waals surface area contributed by atoms with Crippen LogP contribution < -0.4 is 11.1 Å². The molecule has 4 aromatic rings. The predicted molar refractivity (Wildman–Crippen MR) is 174 cm³/mol. The van der Waals surface area contributed by atoms with Crippen molar-refractivity contribution >= 4 is 41.8 Å². The molecular formula is C33H41Cl2N5O2. The number of fused-ring (bicyclic) bond motifs is 4. The topological polar surface area (TPSA) is 85.4 Å². The molecule has 0 bridgehead atoms. The van der Waals surface area contributed by atoms with Crippen molar-refractivity contribution in [1.29, 1.82) is 0 Å². The zero-order valence-corrected chi connectivity index (χ0v) is 25.7. The van der Waals surface area contributed by atoms with Crippen molar-refractivity contribution in [3.63, 3.8) is 0 Å². The van der Waals surface area contributed by atoms with Gasteiger partial charge in [-0.3, -0.25) is 4.79 Å². The number of para-hydroxylation sites is 2. The number of nitrogens with one attached hydrogen (secondary N) is 1. The molecule has 7 nitrogen and oxygen atoms in total. The summed E-state index contributed by atoms with van der Waals surface area (Å²) in [5.41, 5.74) is 13.4. The van der Waals surface area contributed by atoms with Crippen LogP contribution in [0.3, 0.4) is 0 Å². The Morgan fingerprint density at radius 3 is 2.38 bits per heavy atom. The number of carbonyl (C=O) groups excluding carboxylic acids is 1. The van der Waals surface area contributed by atoms with Crippen LogP contribution in [0.5, 0.6) is 0 Å². The van der Waals surface area contributed by atoms with Crippen molar-refractivity contribution in [3.8, 4) is 11.1 Å². The monoisotopic (exact) mass is 609 g/mol. The van der Waals surface area contributed by atoms with Crippen LogP contribution in [0.25, 0.3) is 22.2 Å². The van der Waals surface area contributed by atoms with Crippen molar-refractivity contribution < 1.29 is 9.53 Å². The van der Waals surface area contributed by atoms with Gasteiger partial charge in [0, 0.05) is 58.3 Å². The number of amides is 1. The van der Waals surface area contributed by atoms with Crippen molar-refractivity contribution in [3.05, 3.63) is 89.7 Å². The van der Waals surface area contributed by atoms with Gasteiger partial charge < -0.3 is 25.3 Å². The van der Waals surface area contributed by atoms with Gasteiger partial charge >= 0.3 is 0 Å². The molecule has 42 heavy (non-hydrogen) atoms. The lowest BCUT2D eigenvalue weighted by atomic mass is 9.96. The number of hydrogen-bond acceptors (Lipinski definition) is 5. The third-order valence-electron chi connectivity index (χ3n) is 8.50. The van der Waals surface area contributed by atoms with E-state index in [0.717, 1.165) is 49.2 Å². The number of piperidine rings is 1. The van der Waals surface area contributed by atoms with Gasteiger partial charge in [-0.25, -0.2) is 4.98 Å². The van der Waals surface area contributed by atoms with E-state index in [0.29, 0.717) is 26.1 Å². The minimum Gasteiger partial charge on any atom is -0.385 e. The minimum atomic E-state index is -0.115. The zero-order chi connectivity index (χ0) is 27.5. The molecule has 9 heteroatoms. The molecule has 0 radical (unpaired) electrons. The Balaban J connectivity index is 0.00000202. The number of benzene rings is 3. The molecule has 1 fully saturated rings. The lowest BCUT2D eigenvalue weighted by Crippen LogP contribution is -2.46. The molecule has 224 valence electrons. The molecule has 3 aromatic carbocycles. The highest BCUT2D eigenvalue weighted by atomic mass is 35.5. The average molecular weight is 611 g/mol. The van der Waals surface area contributed by atoms with Crippen molar-refractivity contribution in [1.82, 2.24) is 19.8 Å². The standard InChI is InChI=1S/C33H39N5O2.2ClH/c1-40-19-9-18-38-30-16-7-6-15-29(30)36-33(38)23-10-8-17-37(22-23)31(39)20-24(21-34)35-32-27-13-4-2-11-25(27)26-12-3-5-14-28(26)32;;/h2-7,11-16,23-24,32,35H,8-10,17-22,34H2,1H3;2*1H/t23-,24+;;/m1../s1. The molecule has 1 aromatic heterocycles. The van der Waals surface area contributed by atoms with Gasteiger partial charge in [-0.2, -0.15) is 0 Å². The maximum atomic E-state index is 13.7. The van der Waals surface area contributed by atoms with Gasteiger partial charge in [0.2, 0.25) is 5.91 Å². The number of hydrogen-bond donors (Lipinski definition) is 2. The first-order valence-electron chi connectivity index (χ1n) is 14.5. The number of nitrogens with two attached hydrogens (primary N) is 1. The van der Waals surface area contributed by atoms with Crippen molar-refractivity contribution in [2.75, 3.05) is 33.4 Å². The molecule has 1 aliphatic carbocycles. The molecule has 0 spiro atoms. The number of methoxy groups -OCH3 is 1. The fourth-order valence-electron chi connectivity index (χ4n) is 6.54. The smallest absolute Gasteiger partial charge is 0.224 e. The van der Waals surface area contributed by atoms with E-state index < -0.39 is 0 Å². The van der Waals surface area contributed by atoms with Crippen molar-refractivity contribution in [2.24, 2.45) is 5.73 Å². The van der Waals surface area contributed by atoms with Crippen LogP contribution in [0, 0.1) is 0 Å². The summed E-state index contributed by atoms with van der Waals surface area (Å²) < 4.78 is 7.66. The third kappa shape index (κ3) is 6.36. The number of aromatic nitrogens is 2. The fourth-order valence-corrected chi connectivity index (χ4v) is 6.54. The molecule has 2 aliphatic rings. The first-order chi connectivity index (χ1) is 19.7. The lowest BCUT2D eigenvalue weighted by molar-refractivity contribution is -0.133. The number of carbonyl (C=O) groups is 1. The number of rotatable bonds is 10. The van der Waals surface area contributed by atoms with E-state index in [4.69, 9.17) is 15.5 Å². The lowest BCUT2D eigenvalue weighted by Gasteiger charge is -2.34. The van der Waals surface area contributed by atoms with Crippen LogP contribution >= 0.6 is 24.8 Å². The Bertz CT molecular complexity index is 1450. The minimum absolute atomic E-state index is 0. The molecule has 1 saturated heterocycles. The summed E-state index contributed by atoms with van der Waals surface area (Å²) in [5, 5.41) is 3.75. The predicted octanol–water partition coefficient (Wildman–Crippen LogP) is 5.70. The van der Waals surface area contributed by atoms with E-state index in [2.05, 4.69) is 76.6 Å². The Kier molecular flexibility index (Phi) is 11.0. The Morgan fingerprint density at radius 1 is 1.02 bits per heavy atom. The maximum Gasteiger partial charge on any atom is 0.224 e. The van der Waals surface area contributed by atoms with Gasteiger partial charge in [0.25, 0.3) is 0 Å². The largest absolute Gasteiger partial charge is 0.385 e. The van der Waals surface area contributed by atoms with E-state index in [9.17, 15) is 4.79 Å². The third-order valence-corrected chi connectivity index (χ3v) is 8.50. The number of halogens is 2. The summed E-state index contributed by atoms with van der Waals surface area (Å²) in [4.78, 5) is 20.7. The van der Waals surface area contributed by atoms with Crippen LogP contribution in [0.15, 0.2) is 72.8 Å². The second-order valence-electron chi connectivity index (χ2n) is 11.0. The first-order valence-corrected chi connectivity index (χ1v) is 14.5. The van der Waals surface area contributed by atoms with E-state index in [1.54, 1.807) is 7.11 Å². The Labute approximate surface area is 260 Å². The van der Waals surface area contributed by atoms with E-state index in [1.165, 1.54) is 22.3 Å². The SMILES string of the molecule is COCCCn1c([C@@H]2CCCN(C(=O)C[C@@H](CN)NC3c4ccccc4-c4ccccc43)C2)nc2ccccc21.Cl.Cl. The molecular weight excluding hydrogens is 569 g/mol. The highest BCUT2D eigenvalue weighted by molar-refractivity contribution is 5.85. The molecule has 3 N–H and O–H groups in total. The number of aryl methyl sites for hydroxylation is 1. The number of imidazole rings is 1. The average Bonchev–Trinajstić information content (AvgIpc) is 3.53. The molecule has 1 amide bonds. The summed E-state index contributed by atoms with van der Waals surface area (Å²) in [6.07, 6.45) is 3.32. The van der Waals surface area contributed by atoms with Gasteiger partial charge in [-0.15, -0.1) is 24.8 Å². The van der Waals surface area contributed by atoms with Crippen LogP contribution in [0.2, 0.25) is 0 Å². The zero-order valence-electron chi connectivity index (χ0n) is 24.1. The van der Waals surface area contributed by atoms with Gasteiger partial charge in [0.15, 0.2) is 0 Å². The molecule has 0 unspecified atom stereocenters. The van der Waals surface area contributed by atoms with Crippen LogP contribution in [-0.2, 0) is 16.1 Å². The highest BCUT2D eigenvalue weighted by Crippen LogP contribution is 2.43. The summed E-state index contributed by atoms with van der Waals surface area (Å²) in [6.45, 7) is 3.45. The quantitative estimate of drug-likeness (QED) is 0.225. The molecule has 0 saturated carbocycles. The van der Waals surface area contributed by atoms with Gasteiger partial charge in [-0.05, 0) is 53.6 Å². The molecule has 2 atom stereocenters. The number of likely N-dealkylation sites (tertiary alicyclic amines) is 1. The highest BCUT2D eigenvalue weighted by Gasteiger charge is 2.32. The van der Waals surface area contributed by atoms with Gasteiger partial charge in [-0.1, -0.05) is 60.7 Å². The molecule has 1 aliphatic heterocycles. The van der Waals surface area contributed by atoms with Crippen LogP contribution in [0.1, 0.15) is 54.6 Å². The summed E-state index contributed by atoms with van der Waals surface area (Å²) in [7, 11) is 1.74. The molecule has 6 rings (SSSR count). The van der Waals surface area contributed by atoms with Crippen molar-refractivity contribution in [2.45, 2.75) is 50.2 Å². The van der Waals surface area contributed by atoms with E-state index >= 15 is 0 Å². The number of ether oxygens (including phenoxy) is 1. The number of nitrogens with zero attached hydrogens (tertiary/aromatic N) is 3. The normalized spacial score (nSPS) is 16.8. The first kappa shape index (κ1) is 32.0. The van der Waals surface area contributed by atoms with Crippen LogP contribution in [0.4, 0.5) is 0 Å². The van der Waals surface area contributed by atoms with Crippen LogP contribution in [-0.4, -0.2) is 59.8 Å². The maximum absolute atomic E-state index is 13.7. The second-order valence-corrected chi connectivity index (χ2v) is 11.0. The molecule has 2 heterocycles. The summed E-state index contributed by atoms with van der Waals surface area (Å²) in [6, 6.07) is 25.3. The Morgan fingerprint density at radius 2 is 1.69 bits per heavy atom. The second kappa shape index (κ2) is 14.5. The van der Waals surface area contributed by atoms with E-state index in [-0.39, 0.29) is 48.7 Å². The fraction of sp³-hybridized carbons (Fsp3) is 0.394. The summed E-state index contributed by atoms with van der Waals surface area (Å²) >= 11 is 0. The summed E-state index contributed by atoms with van der Waals surface area (Å²) in [5.74, 6) is 1.46. The van der Waals surface area contributed by atoms with Gasteiger partial charge in [0.1, 0.15) is 5.82 Å². The van der Waals surface area contributed by atoms with Gasteiger partial charge in [0.05, 0.1) is 17.1 Å². The van der Waals surface area contributed by atoms with E-state index in [1.807, 2.05) is 11.0 Å². The Hall–Kier alpha value is -2.94.